The smallest absolute Gasteiger partial charge is 0.251 e. The Kier molecular flexibility index (Phi) is 6.90. The van der Waals surface area contributed by atoms with Crippen LogP contribution >= 0.6 is 11.8 Å². The van der Waals surface area contributed by atoms with E-state index in [1.165, 1.54) is 23.6 Å². The van der Waals surface area contributed by atoms with E-state index in [2.05, 4.69) is 42.9 Å². The number of likely N-dealkylation sites (tertiary alicyclic amines) is 1. The Morgan fingerprint density at radius 1 is 1.24 bits per heavy atom. The molecule has 8 nitrogen and oxygen atoms in total. The maximum absolute atomic E-state index is 12.0. The number of aromatic amines is 1. The molecule has 0 unspecified atom stereocenters. The van der Waals surface area contributed by atoms with E-state index in [-0.39, 0.29) is 11.4 Å². The Hall–Kier alpha value is -2.65. The molecule has 3 aromatic rings. The summed E-state index contributed by atoms with van der Waals surface area (Å²) < 4.78 is 2.02. The van der Waals surface area contributed by atoms with Gasteiger partial charge in [-0.2, -0.15) is 0 Å². The zero-order chi connectivity index (χ0) is 23.7. The predicted octanol–water partition coefficient (Wildman–Crippen LogP) is 3.32. The number of hydrogen-bond acceptors (Lipinski definition) is 6. The normalized spacial score (nSPS) is 15.8. The van der Waals surface area contributed by atoms with Crippen molar-refractivity contribution in [2.75, 3.05) is 13.1 Å². The standard InChI is InChI=1S/C24H32N6O2S/c1-14-11-16(3)19(12-15(14)2)33-24-27-20-21(25)26-13-30(22(20)28-24)10-7-18-5-8-29(9-6-18)23(32)17(4)31/h11-13,17-18,25,31H,5-10H2,1-4H3,(H,27,28)/t17-/m0/s1. The molecular weight excluding hydrogens is 436 g/mol. The number of rotatable bonds is 6. The van der Waals surface area contributed by atoms with Crippen LogP contribution in [0.15, 0.2) is 28.5 Å². The Balaban J connectivity index is 1.47. The van der Waals surface area contributed by atoms with Gasteiger partial charge in [-0.3, -0.25) is 10.2 Å². The number of piperidine rings is 1. The van der Waals surface area contributed by atoms with Crippen LogP contribution in [-0.4, -0.2) is 54.6 Å². The van der Waals surface area contributed by atoms with Gasteiger partial charge in [-0.25, -0.2) is 9.97 Å². The highest BCUT2D eigenvalue weighted by Crippen LogP contribution is 2.31. The summed E-state index contributed by atoms with van der Waals surface area (Å²) in [5, 5.41) is 18.5. The number of aliphatic hydroxyl groups excluding tert-OH is 1. The molecule has 0 aliphatic carbocycles. The zero-order valence-corrected chi connectivity index (χ0v) is 20.5. The van der Waals surface area contributed by atoms with Crippen LogP contribution in [0.5, 0.6) is 0 Å². The van der Waals surface area contributed by atoms with E-state index in [1.807, 2.05) is 4.57 Å². The summed E-state index contributed by atoms with van der Waals surface area (Å²) in [6.07, 6.45) is 3.59. The predicted molar refractivity (Wildman–Crippen MR) is 128 cm³/mol. The van der Waals surface area contributed by atoms with E-state index in [4.69, 9.17) is 10.4 Å². The molecule has 1 fully saturated rings. The van der Waals surface area contributed by atoms with Gasteiger partial charge in [-0.1, -0.05) is 17.8 Å². The molecule has 0 spiro atoms. The SMILES string of the molecule is Cc1cc(C)c(Sc2nc3c([nH]2)c(=N)ncn3CCC2CCN(C(=O)[C@H](C)O)CC2)cc1C. The van der Waals surface area contributed by atoms with Gasteiger partial charge in [0.1, 0.15) is 11.6 Å². The summed E-state index contributed by atoms with van der Waals surface area (Å²) in [6, 6.07) is 4.38. The van der Waals surface area contributed by atoms with Crippen molar-refractivity contribution in [1.82, 2.24) is 24.4 Å². The molecule has 9 heteroatoms. The van der Waals surface area contributed by atoms with Crippen LogP contribution in [0.25, 0.3) is 11.2 Å². The quantitative estimate of drug-likeness (QED) is 0.514. The van der Waals surface area contributed by atoms with Gasteiger partial charge < -0.3 is 19.6 Å². The minimum atomic E-state index is -0.931. The topological polar surface area (TPSA) is 111 Å². The average molecular weight is 469 g/mol. The summed E-state index contributed by atoms with van der Waals surface area (Å²) in [6.45, 7) is 10.0. The minimum Gasteiger partial charge on any atom is -0.384 e. The monoisotopic (exact) mass is 468 g/mol. The number of imidazole rings is 1. The van der Waals surface area contributed by atoms with E-state index >= 15 is 0 Å². The molecule has 2 aromatic heterocycles. The van der Waals surface area contributed by atoms with Gasteiger partial charge in [0.25, 0.3) is 5.91 Å². The molecule has 0 bridgehead atoms. The number of aromatic nitrogens is 4. The van der Waals surface area contributed by atoms with Crippen molar-refractivity contribution < 1.29 is 9.90 Å². The third kappa shape index (κ3) is 5.14. The molecule has 1 atom stereocenters. The van der Waals surface area contributed by atoms with Crippen molar-refractivity contribution >= 4 is 28.8 Å². The van der Waals surface area contributed by atoms with Gasteiger partial charge in [-0.05, 0) is 75.6 Å². The Morgan fingerprint density at radius 3 is 2.64 bits per heavy atom. The van der Waals surface area contributed by atoms with E-state index < -0.39 is 6.10 Å². The lowest BCUT2D eigenvalue weighted by Gasteiger charge is -2.32. The van der Waals surface area contributed by atoms with E-state index in [0.29, 0.717) is 24.5 Å². The summed E-state index contributed by atoms with van der Waals surface area (Å²) in [5.74, 6) is 0.326. The number of aliphatic hydroxyl groups is 1. The number of hydrogen-bond donors (Lipinski definition) is 3. The number of nitrogens with one attached hydrogen (secondary N) is 2. The fourth-order valence-electron chi connectivity index (χ4n) is 4.35. The molecule has 0 saturated carbocycles. The molecule has 0 radical (unpaired) electrons. The molecular formula is C24H32N6O2S. The molecule has 1 aromatic carbocycles. The van der Waals surface area contributed by atoms with Gasteiger partial charge in [0.05, 0.1) is 6.33 Å². The number of carbonyl (C=O) groups is 1. The lowest BCUT2D eigenvalue weighted by Crippen LogP contribution is -2.43. The number of carbonyl (C=O) groups excluding carboxylic acids is 1. The van der Waals surface area contributed by atoms with Crippen LogP contribution in [0.3, 0.4) is 0 Å². The number of fused-ring (bicyclic) bond motifs is 1. The first-order valence-electron chi connectivity index (χ1n) is 11.4. The summed E-state index contributed by atoms with van der Waals surface area (Å²) in [5.41, 5.74) is 5.33. The number of nitrogens with zero attached hydrogens (tertiary/aromatic N) is 4. The molecule has 1 saturated heterocycles. The average Bonchev–Trinajstić information content (AvgIpc) is 3.21. The number of benzene rings is 1. The molecule has 1 amide bonds. The van der Waals surface area contributed by atoms with Crippen molar-refractivity contribution in [3.05, 3.63) is 40.6 Å². The fourth-order valence-corrected chi connectivity index (χ4v) is 5.30. The second kappa shape index (κ2) is 9.69. The molecule has 1 aliphatic heterocycles. The van der Waals surface area contributed by atoms with Gasteiger partial charge in [0.15, 0.2) is 16.3 Å². The minimum absolute atomic E-state index is 0.180. The Morgan fingerprint density at radius 2 is 1.94 bits per heavy atom. The van der Waals surface area contributed by atoms with E-state index in [0.717, 1.165) is 41.5 Å². The van der Waals surface area contributed by atoms with Crippen LogP contribution in [0.2, 0.25) is 0 Å². The van der Waals surface area contributed by atoms with E-state index in [1.54, 1.807) is 23.0 Å². The van der Waals surface area contributed by atoms with E-state index in [9.17, 15) is 9.90 Å². The Bertz CT molecular complexity index is 1220. The van der Waals surface area contributed by atoms with Crippen molar-refractivity contribution in [2.24, 2.45) is 5.92 Å². The third-order valence-corrected chi connectivity index (χ3v) is 7.60. The highest BCUT2D eigenvalue weighted by molar-refractivity contribution is 7.99. The van der Waals surface area contributed by atoms with Crippen LogP contribution in [-0.2, 0) is 11.3 Å². The lowest BCUT2D eigenvalue weighted by molar-refractivity contribution is -0.140. The third-order valence-electron chi connectivity index (χ3n) is 6.56. The highest BCUT2D eigenvalue weighted by atomic mass is 32.2. The second-order valence-electron chi connectivity index (χ2n) is 9.06. The maximum atomic E-state index is 12.0. The van der Waals surface area contributed by atoms with Crippen molar-refractivity contribution in [3.63, 3.8) is 0 Å². The molecule has 1 aliphatic rings. The van der Waals surface area contributed by atoms with Crippen LogP contribution < -0.4 is 5.49 Å². The molecule has 3 heterocycles. The first-order chi connectivity index (χ1) is 15.7. The van der Waals surface area contributed by atoms with Gasteiger partial charge in [0.2, 0.25) is 0 Å². The van der Waals surface area contributed by atoms with Crippen LogP contribution in [0.4, 0.5) is 0 Å². The maximum Gasteiger partial charge on any atom is 0.251 e. The second-order valence-corrected chi connectivity index (χ2v) is 10.1. The van der Waals surface area contributed by atoms with Crippen molar-refractivity contribution in [3.8, 4) is 0 Å². The largest absolute Gasteiger partial charge is 0.384 e. The fraction of sp³-hybridized carbons (Fsp3) is 0.500. The number of aryl methyl sites for hydroxylation is 4. The van der Waals surface area contributed by atoms with Crippen LogP contribution in [0, 0.1) is 32.1 Å². The highest BCUT2D eigenvalue weighted by Gasteiger charge is 2.25. The Labute approximate surface area is 198 Å². The lowest BCUT2D eigenvalue weighted by atomic mass is 9.93. The van der Waals surface area contributed by atoms with Gasteiger partial charge in [0, 0.05) is 24.5 Å². The molecule has 33 heavy (non-hydrogen) atoms. The van der Waals surface area contributed by atoms with Crippen LogP contribution in [0.1, 0.15) is 42.9 Å². The molecule has 176 valence electrons. The molecule has 3 N–H and O–H groups in total. The summed E-state index contributed by atoms with van der Waals surface area (Å²) in [7, 11) is 0. The first-order valence-corrected chi connectivity index (χ1v) is 12.3. The first kappa shape index (κ1) is 23.5. The zero-order valence-electron chi connectivity index (χ0n) is 19.7. The number of H-pyrrole nitrogens is 1. The molecule has 4 rings (SSSR count). The van der Waals surface area contributed by atoms with Gasteiger partial charge >= 0.3 is 0 Å². The number of amides is 1. The van der Waals surface area contributed by atoms with Crippen molar-refractivity contribution in [2.45, 2.75) is 69.7 Å². The summed E-state index contributed by atoms with van der Waals surface area (Å²) in [4.78, 5) is 27.3. The van der Waals surface area contributed by atoms with Crippen molar-refractivity contribution in [1.29, 1.82) is 5.41 Å². The summed E-state index contributed by atoms with van der Waals surface area (Å²) >= 11 is 1.58. The van der Waals surface area contributed by atoms with Gasteiger partial charge in [-0.15, -0.1) is 0 Å².